The molecule has 104 valence electrons. The first-order valence-corrected chi connectivity index (χ1v) is 6.40. The number of nitrogens with one attached hydrogen (secondary N) is 1. The van der Waals surface area contributed by atoms with Crippen LogP contribution in [0, 0.1) is 0 Å². The zero-order valence-corrected chi connectivity index (χ0v) is 11.3. The Labute approximate surface area is 108 Å². The summed E-state index contributed by atoms with van der Waals surface area (Å²) < 4.78 is 0. The molecule has 0 aliphatic carbocycles. The van der Waals surface area contributed by atoms with Crippen LogP contribution in [0.3, 0.4) is 0 Å². The SMILES string of the molecule is CC[C@@H](NC(=O)N(C)C1CCCN(C)C1)C(=O)O. The molecule has 18 heavy (non-hydrogen) atoms. The van der Waals surface area contributed by atoms with Gasteiger partial charge in [0.25, 0.3) is 0 Å². The molecule has 1 heterocycles. The fourth-order valence-corrected chi connectivity index (χ4v) is 2.21. The van der Waals surface area contributed by atoms with Crippen LogP contribution >= 0.6 is 0 Å². The number of carboxylic acid groups (broad SMARTS) is 1. The molecule has 2 atom stereocenters. The number of hydrogen-bond acceptors (Lipinski definition) is 3. The van der Waals surface area contributed by atoms with Crippen LogP contribution < -0.4 is 5.32 Å². The third kappa shape index (κ3) is 3.87. The van der Waals surface area contributed by atoms with E-state index in [0.29, 0.717) is 6.42 Å². The van der Waals surface area contributed by atoms with Crippen LogP contribution in [0.2, 0.25) is 0 Å². The summed E-state index contributed by atoms with van der Waals surface area (Å²) in [5.74, 6) is -0.986. The molecule has 1 aliphatic heterocycles. The second-order valence-electron chi connectivity index (χ2n) is 4.92. The Balaban J connectivity index is 2.52. The molecule has 1 saturated heterocycles. The molecule has 0 bridgehead atoms. The van der Waals surface area contributed by atoms with Gasteiger partial charge in [-0.2, -0.15) is 0 Å². The molecular weight excluding hydrogens is 234 g/mol. The number of likely N-dealkylation sites (tertiary alicyclic amines) is 1. The molecule has 6 nitrogen and oxygen atoms in total. The lowest BCUT2D eigenvalue weighted by Gasteiger charge is -2.36. The van der Waals surface area contributed by atoms with Crippen molar-refractivity contribution in [2.75, 3.05) is 27.2 Å². The lowest BCUT2D eigenvalue weighted by atomic mass is 10.1. The van der Waals surface area contributed by atoms with E-state index in [1.165, 1.54) is 0 Å². The molecule has 0 aromatic heterocycles. The van der Waals surface area contributed by atoms with E-state index < -0.39 is 12.0 Å². The number of urea groups is 1. The number of carbonyl (C=O) groups is 2. The molecule has 0 aromatic rings. The highest BCUT2D eigenvalue weighted by Crippen LogP contribution is 2.13. The average Bonchev–Trinajstić information content (AvgIpc) is 2.34. The lowest BCUT2D eigenvalue weighted by molar-refractivity contribution is -0.139. The van der Waals surface area contributed by atoms with E-state index in [4.69, 9.17) is 5.11 Å². The van der Waals surface area contributed by atoms with Gasteiger partial charge >= 0.3 is 12.0 Å². The van der Waals surface area contributed by atoms with E-state index >= 15 is 0 Å². The molecule has 1 rings (SSSR count). The maximum atomic E-state index is 12.0. The van der Waals surface area contributed by atoms with E-state index in [1.54, 1.807) is 18.9 Å². The predicted molar refractivity (Wildman–Crippen MR) is 68.5 cm³/mol. The molecular formula is C12H23N3O3. The van der Waals surface area contributed by atoms with Gasteiger partial charge in [-0.25, -0.2) is 9.59 Å². The fraction of sp³-hybridized carbons (Fsp3) is 0.833. The molecule has 1 fully saturated rings. The van der Waals surface area contributed by atoms with Gasteiger partial charge in [0.2, 0.25) is 0 Å². The van der Waals surface area contributed by atoms with E-state index in [2.05, 4.69) is 10.2 Å². The Morgan fingerprint density at radius 3 is 2.72 bits per heavy atom. The second kappa shape index (κ2) is 6.58. The minimum Gasteiger partial charge on any atom is -0.480 e. The average molecular weight is 257 g/mol. The van der Waals surface area contributed by atoms with Gasteiger partial charge in [0.1, 0.15) is 6.04 Å². The van der Waals surface area contributed by atoms with Gasteiger partial charge in [-0.15, -0.1) is 0 Å². The third-order valence-electron chi connectivity index (χ3n) is 3.47. The molecule has 0 spiro atoms. The summed E-state index contributed by atoms with van der Waals surface area (Å²) >= 11 is 0. The Kier molecular flexibility index (Phi) is 5.40. The van der Waals surface area contributed by atoms with Gasteiger partial charge in [0.15, 0.2) is 0 Å². The van der Waals surface area contributed by atoms with Gasteiger partial charge in [-0.1, -0.05) is 6.92 Å². The zero-order chi connectivity index (χ0) is 13.7. The number of piperidine rings is 1. The maximum Gasteiger partial charge on any atom is 0.326 e. The lowest BCUT2D eigenvalue weighted by Crippen LogP contribution is -2.53. The van der Waals surface area contributed by atoms with Crippen LogP contribution in [-0.4, -0.2) is 66.2 Å². The van der Waals surface area contributed by atoms with Crippen LogP contribution in [0.1, 0.15) is 26.2 Å². The minimum atomic E-state index is -0.986. The first-order chi connectivity index (χ1) is 8.45. The quantitative estimate of drug-likeness (QED) is 0.773. The summed E-state index contributed by atoms with van der Waals surface area (Å²) in [6.45, 7) is 3.64. The Morgan fingerprint density at radius 2 is 2.22 bits per heavy atom. The molecule has 1 aliphatic rings. The van der Waals surface area contributed by atoms with Crippen molar-refractivity contribution >= 4 is 12.0 Å². The summed E-state index contributed by atoms with van der Waals surface area (Å²) in [5, 5.41) is 11.5. The first kappa shape index (κ1) is 14.8. The first-order valence-electron chi connectivity index (χ1n) is 6.40. The van der Waals surface area contributed by atoms with E-state index in [-0.39, 0.29) is 12.1 Å². The van der Waals surface area contributed by atoms with Crippen molar-refractivity contribution in [2.45, 2.75) is 38.3 Å². The summed E-state index contributed by atoms with van der Waals surface area (Å²) in [5.41, 5.74) is 0. The number of hydrogen-bond donors (Lipinski definition) is 2. The maximum absolute atomic E-state index is 12.0. The van der Waals surface area contributed by atoms with Crippen molar-refractivity contribution in [3.8, 4) is 0 Å². The van der Waals surface area contributed by atoms with E-state index in [9.17, 15) is 9.59 Å². The van der Waals surface area contributed by atoms with E-state index in [0.717, 1.165) is 25.9 Å². The Hall–Kier alpha value is -1.30. The number of carbonyl (C=O) groups excluding carboxylic acids is 1. The number of aliphatic carboxylic acids is 1. The van der Waals surface area contributed by atoms with Crippen molar-refractivity contribution in [1.29, 1.82) is 0 Å². The van der Waals surface area contributed by atoms with Gasteiger partial charge in [0, 0.05) is 19.6 Å². The van der Waals surface area contributed by atoms with Crippen molar-refractivity contribution < 1.29 is 14.7 Å². The summed E-state index contributed by atoms with van der Waals surface area (Å²) in [7, 11) is 3.76. The molecule has 6 heteroatoms. The molecule has 1 unspecified atom stereocenters. The number of likely N-dealkylation sites (N-methyl/N-ethyl adjacent to an activating group) is 2. The second-order valence-corrected chi connectivity index (χ2v) is 4.92. The van der Waals surface area contributed by atoms with Crippen molar-refractivity contribution in [2.24, 2.45) is 0 Å². The van der Waals surface area contributed by atoms with Crippen molar-refractivity contribution in [3.05, 3.63) is 0 Å². The number of rotatable bonds is 4. The standard InChI is InChI=1S/C12H23N3O3/c1-4-10(11(16)17)13-12(18)15(3)9-6-5-7-14(2)8-9/h9-10H,4-8H2,1-3H3,(H,13,18)(H,16,17)/t9?,10-/m1/s1. The van der Waals surface area contributed by atoms with Crippen LogP contribution in [0.4, 0.5) is 4.79 Å². The van der Waals surface area contributed by atoms with Crippen LogP contribution in [0.25, 0.3) is 0 Å². The fourth-order valence-electron chi connectivity index (χ4n) is 2.21. The van der Waals surface area contributed by atoms with Crippen LogP contribution in [0.5, 0.6) is 0 Å². The molecule has 0 radical (unpaired) electrons. The molecule has 2 N–H and O–H groups in total. The van der Waals surface area contributed by atoms with Gasteiger partial charge < -0.3 is 20.2 Å². The van der Waals surface area contributed by atoms with Gasteiger partial charge in [-0.3, -0.25) is 0 Å². The predicted octanol–water partition coefficient (Wildman–Crippen LogP) is 0.585. The Morgan fingerprint density at radius 1 is 1.56 bits per heavy atom. The summed E-state index contributed by atoms with van der Waals surface area (Å²) in [6, 6.07) is -0.944. The summed E-state index contributed by atoms with van der Waals surface area (Å²) in [6.07, 6.45) is 2.42. The smallest absolute Gasteiger partial charge is 0.326 e. The summed E-state index contributed by atoms with van der Waals surface area (Å²) in [4.78, 5) is 26.6. The highest BCUT2D eigenvalue weighted by Gasteiger charge is 2.26. The molecule has 2 amide bonds. The zero-order valence-electron chi connectivity index (χ0n) is 11.3. The number of carboxylic acids is 1. The minimum absolute atomic E-state index is 0.162. The monoisotopic (exact) mass is 257 g/mol. The van der Waals surface area contributed by atoms with Crippen LogP contribution in [-0.2, 0) is 4.79 Å². The van der Waals surface area contributed by atoms with Crippen molar-refractivity contribution in [3.63, 3.8) is 0 Å². The highest BCUT2D eigenvalue weighted by atomic mass is 16.4. The normalized spacial score (nSPS) is 22.3. The number of amides is 2. The van der Waals surface area contributed by atoms with Gasteiger partial charge in [-0.05, 0) is 32.9 Å². The van der Waals surface area contributed by atoms with Gasteiger partial charge in [0.05, 0.1) is 0 Å². The highest BCUT2D eigenvalue weighted by molar-refractivity contribution is 5.82. The topological polar surface area (TPSA) is 72.9 Å². The largest absolute Gasteiger partial charge is 0.480 e. The van der Waals surface area contributed by atoms with Crippen molar-refractivity contribution in [1.82, 2.24) is 15.1 Å². The third-order valence-corrected chi connectivity index (χ3v) is 3.47. The van der Waals surface area contributed by atoms with E-state index in [1.807, 2.05) is 7.05 Å². The Bertz CT molecular complexity index is 309. The number of nitrogens with zero attached hydrogens (tertiary/aromatic N) is 2. The molecule has 0 aromatic carbocycles. The van der Waals surface area contributed by atoms with Crippen LogP contribution in [0.15, 0.2) is 0 Å². The molecule has 0 saturated carbocycles.